The highest BCUT2D eigenvalue weighted by Crippen LogP contribution is 2.24. The van der Waals surface area contributed by atoms with Crippen molar-refractivity contribution >= 4 is 74.5 Å². The largest absolute Gasteiger partial charge is 0.320 e. The monoisotopic (exact) mass is 427 g/mol. The number of nitro benzene ring substituents is 1. The van der Waals surface area contributed by atoms with Gasteiger partial charge in [-0.3, -0.25) is 30.6 Å². The summed E-state index contributed by atoms with van der Waals surface area (Å²) in [6.07, 6.45) is 0. The minimum atomic E-state index is -1.02. The number of rotatable bonds is 5. The summed E-state index contributed by atoms with van der Waals surface area (Å²) in [7, 11) is 0. The fourth-order valence-electron chi connectivity index (χ4n) is 1.95. The molecule has 1 aromatic carbocycles. The van der Waals surface area contributed by atoms with Crippen LogP contribution in [0.4, 0.5) is 11.4 Å². The Balaban J connectivity index is 2.32. The second kappa shape index (κ2) is 8.81. The van der Waals surface area contributed by atoms with Gasteiger partial charge in [-0.25, -0.2) is 5.84 Å². The maximum atomic E-state index is 12.7. The number of carbonyl (C=O) groups excluding carboxylic acids is 2. The van der Waals surface area contributed by atoms with Crippen LogP contribution in [-0.2, 0) is 9.59 Å². The summed E-state index contributed by atoms with van der Waals surface area (Å²) in [4.78, 5) is 35.1. The fourth-order valence-corrected chi connectivity index (χ4v) is 3.20. The minimum absolute atomic E-state index is 0.0854. The number of benzene rings is 1. The maximum absolute atomic E-state index is 12.7. The highest BCUT2D eigenvalue weighted by Gasteiger charge is 2.37. The van der Waals surface area contributed by atoms with E-state index in [0.29, 0.717) is 5.56 Å². The molecule has 1 fully saturated rings. The van der Waals surface area contributed by atoms with Gasteiger partial charge in [-0.15, -0.1) is 0 Å². The molecular weight excluding hydrogens is 414 g/mol. The lowest BCUT2D eigenvalue weighted by Crippen LogP contribution is -2.42. The van der Waals surface area contributed by atoms with Crippen LogP contribution in [0, 0.1) is 17.0 Å². The predicted octanol–water partition coefficient (Wildman–Crippen LogP) is 0.0520. The first-order valence-corrected chi connectivity index (χ1v) is 8.84. The van der Waals surface area contributed by atoms with E-state index in [1.54, 1.807) is 6.92 Å². The molecule has 142 valence electrons. The topological polar surface area (TPSA) is 164 Å². The molecule has 1 heterocycles. The van der Waals surface area contributed by atoms with Crippen LogP contribution in [0.2, 0.25) is 0 Å². The molecule has 1 aromatic rings. The number of nitrogens with two attached hydrogens (primary N) is 1. The van der Waals surface area contributed by atoms with E-state index in [1.807, 2.05) is 0 Å². The molecule has 1 aliphatic heterocycles. The molecule has 1 aliphatic rings. The number of anilines is 1. The molecule has 0 aliphatic carbocycles. The van der Waals surface area contributed by atoms with Crippen LogP contribution in [0.3, 0.4) is 0 Å². The fraction of sp³-hybridized carbons (Fsp3) is 0.154. The Labute approximate surface area is 167 Å². The molecule has 11 nitrogen and oxygen atoms in total. The Bertz CT molecular complexity index is 873. The van der Waals surface area contributed by atoms with E-state index in [0.717, 1.165) is 11.8 Å². The third kappa shape index (κ3) is 5.16. The number of amides is 2. The number of nitrogens with zero attached hydrogens (tertiary/aromatic N) is 2. The van der Waals surface area contributed by atoms with Crippen molar-refractivity contribution in [3.05, 3.63) is 33.9 Å². The summed E-state index contributed by atoms with van der Waals surface area (Å²) in [5, 5.41) is 18.6. The number of non-ortho nitro benzene ring substituents is 1. The predicted molar refractivity (Wildman–Crippen MR) is 109 cm³/mol. The van der Waals surface area contributed by atoms with Crippen LogP contribution < -0.4 is 27.3 Å². The Kier molecular flexibility index (Phi) is 6.73. The van der Waals surface area contributed by atoms with E-state index in [9.17, 15) is 19.7 Å². The molecule has 0 unspecified atom stereocenters. The van der Waals surface area contributed by atoms with Crippen molar-refractivity contribution in [2.45, 2.75) is 12.2 Å². The molecule has 2 rings (SSSR count). The van der Waals surface area contributed by atoms with E-state index in [1.165, 1.54) is 18.2 Å². The first-order chi connectivity index (χ1) is 12.7. The molecule has 27 heavy (non-hydrogen) atoms. The summed E-state index contributed by atoms with van der Waals surface area (Å²) in [5.74, 6) is 3.85. The molecule has 2 amide bonds. The Morgan fingerprint density at radius 1 is 1.48 bits per heavy atom. The quantitative estimate of drug-likeness (QED) is 0.143. The van der Waals surface area contributed by atoms with Gasteiger partial charge in [-0.05, 0) is 24.7 Å². The lowest BCUT2D eigenvalue weighted by Gasteiger charge is -2.13. The summed E-state index contributed by atoms with van der Waals surface area (Å²) in [5.41, 5.74) is 4.81. The van der Waals surface area contributed by atoms with Crippen LogP contribution in [-0.4, -0.2) is 37.1 Å². The van der Waals surface area contributed by atoms with Crippen molar-refractivity contribution in [3.8, 4) is 0 Å². The lowest BCUT2D eigenvalue weighted by atomic mass is 10.1. The highest BCUT2D eigenvalue weighted by molar-refractivity contribution is 8.25. The maximum Gasteiger partial charge on any atom is 0.273 e. The van der Waals surface area contributed by atoms with Crippen molar-refractivity contribution in [1.29, 1.82) is 0 Å². The molecule has 0 bridgehead atoms. The number of aryl methyl sites for hydroxylation is 1. The van der Waals surface area contributed by atoms with Crippen LogP contribution in [0.1, 0.15) is 5.56 Å². The molecule has 6 N–H and O–H groups in total. The lowest BCUT2D eigenvalue weighted by molar-refractivity contribution is -0.384. The van der Waals surface area contributed by atoms with E-state index >= 15 is 0 Å². The van der Waals surface area contributed by atoms with Gasteiger partial charge < -0.3 is 10.6 Å². The van der Waals surface area contributed by atoms with Crippen molar-refractivity contribution in [2.24, 2.45) is 10.9 Å². The number of hydrogen-bond donors (Lipinski definition) is 5. The van der Waals surface area contributed by atoms with Gasteiger partial charge in [0.2, 0.25) is 11.0 Å². The Hall–Kier alpha value is -2.68. The summed E-state index contributed by atoms with van der Waals surface area (Å²) < 4.78 is 0.191. The number of thioether (sulfide) groups is 1. The molecular formula is C13H13N7O4S3. The normalized spacial score (nSPS) is 16.5. The average molecular weight is 427 g/mol. The van der Waals surface area contributed by atoms with E-state index in [4.69, 9.17) is 30.3 Å². The Morgan fingerprint density at radius 3 is 2.74 bits per heavy atom. The van der Waals surface area contributed by atoms with Crippen LogP contribution in [0.15, 0.2) is 23.3 Å². The van der Waals surface area contributed by atoms with Gasteiger partial charge in [0.05, 0.1) is 10.6 Å². The molecule has 0 radical (unpaired) electrons. The number of nitrogens with one attached hydrogen (secondary N) is 4. The number of carbonyl (C=O) groups is 2. The van der Waals surface area contributed by atoms with Crippen LogP contribution >= 0.6 is 36.2 Å². The van der Waals surface area contributed by atoms with Crippen molar-refractivity contribution < 1.29 is 14.5 Å². The first kappa shape index (κ1) is 20.6. The second-order valence-electron chi connectivity index (χ2n) is 5.07. The zero-order valence-corrected chi connectivity index (χ0v) is 16.1. The minimum Gasteiger partial charge on any atom is -0.320 e. The molecule has 14 heteroatoms. The first-order valence-electron chi connectivity index (χ1n) is 7.15. The van der Waals surface area contributed by atoms with Gasteiger partial charge in [0.15, 0.2) is 0 Å². The van der Waals surface area contributed by atoms with Gasteiger partial charge >= 0.3 is 0 Å². The van der Waals surface area contributed by atoms with Gasteiger partial charge in [-0.1, -0.05) is 30.0 Å². The van der Waals surface area contributed by atoms with Crippen LogP contribution in [0.25, 0.3) is 0 Å². The molecule has 0 aromatic heterocycles. The van der Waals surface area contributed by atoms with Gasteiger partial charge in [0, 0.05) is 12.1 Å². The van der Waals surface area contributed by atoms with Crippen molar-refractivity contribution in [3.63, 3.8) is 0 Å². The second-order valence-corrected chi connectivity index (χ2v) is 7.26. The van der Waals surface area contributed by atoms with Crippen LogP contribution in [0.5, 0.6) is 0 Å². The average Bonchev–Trinajstić information content (AvgIpc) is 2.94. The molecule has 1 saturated heterocycles. The summed E-state index contributed by atoms with van der Waals surface area (Å²) in [6, 6.07) is 4.00. The smallest absolute Gasteiger partial charge is 0.273 e. The van der Waals surface area contributed by atoms with Crippen molar-refractivity contribution in [1.82, 2.24) is 16.2 Å². The van der Waals surface area contributed by atoms with E-state index < -0.39 is 22.0 Å². The third-order valence-electron chi connectivity index (χ3n) is 3.26. The Morgan fingerprint density at radius 2 is 2.19 bits per heavy atom. The van der Waals surface area contributed by atoms with Crippen molar-refractivity contribution in [2.75, 3.05) is 5.32 Å². The van der Waals surface area contributed by atoms with E-state index in [2.05, 4.69) is 26.6 Å². The summed E-state index contributed by atoms with van der Waals surface area (Å²) >= 11 is 10.6. The number of hydrogen-bond acceptors (Lipinski definition) is 9. The number of thiocarbonyl (C=S) groups is 2. The molecule has 0 spiro atoms. The summed E-state index contributed by atoms with van der Waals surface area (Å²) in [6.45, 7) is 1.66. The number of hydrazone groups is 1. The number of nitro groups is 1. The number of hydrazine groups is 1. The standard InChI is InChI=1S/C13H13N7O4S3/c1-5-2-3-6(20(23)24)4-7(5)15-10(21)8(18-19-12(25)17-14)9-11(22)16-13(26)27-9/h2-4,9H,14H2,1H3,(H,15,21)(H,16,22,26)(H2,17,19,25)/b18-8+/t9-/m0/s1. The van der Waals surface area contributed by atoms with Gasteiger partial charge in [0.1, 0.15) is 15.3 Å². The molecule has 0 saturated carbocycles. The van der Waals surface area contributed by atoms with Gasteiger partial charge in [-0.2, -0.15) is 5.10 Å². The molecule has 1 atom stereocenters. The third-order valence-corrected chi connectivity index (χ3v) is 4.85. The van der Waals surface area contributed by atoms with Gasteiger partial charge in [0.25, 0.3) is 11.6 Å². The zero-order chi connectivity index (χ0) is 20.1. The SMILES string of the molecule is Cc1ccc([N+](=O)[O-])cc1NC(=O)/C(=N/NC(=S)NN)[C@@H]1SC(=S)NC1=O. The highest BCUT2D eigenvalue weighted by atomic mass is 32.2. The zero-order valence-electron chi connectivity index (χ0n) is 13.6. The van der Waals surface area contributed by atoms with E-state index in [-0.39, 0.29) is 26.5 Å².